The van der Waals surface area contributed by atoms with Crippen molar-refractivity contribution in [3.05, 3.63) is 60.1 Å². The summed E-state index contributed by atoms with van der Waals surface area (Å²) >= 11 is 0. The van der Waals surface area contributed by atoms with E-state index in [9.17, 15) is 14.7 Å². The summed E-state index contributed by atoms with van der Waals surface area (Å²) in [7, 11) is 0. The molecule has 5 rings (SSSR count). The summed E-state index contributed by atoms with van der Waals surface area (Å²) in [6, 6.07) is 9.42. The molecule has 1 aromatic carbocycles. The summed E-state index contributed by atoms with van der Waals surface area (Å²) in [5.41, 5.74) is 3.85. The maximum atomic E-state index is 13.2. The second-order valence-corrected chi connectivity index (χ2v) is 8.24. The second kappa shape index (κ2) is 9.03. The molecule has 2 N–H and O–H groups in total. The highest BCUT2D eigenvalue weighted by molar-refractivity contribution is 6.11. The molecule has 2 aliphatic heterocycles. The SMILES string of the molecule is O=C(Nc1ccncc1)c1nn(C2CCCCO2)c2ccc(C3=CCN(C(=O)O)CC3)cc12. The molecule has 170 valence electrons. The normalized spacial score (nSPS) is 18.7. The van der Waals surface area contributed by atoms with E-state index in [4.69, 9.17) is 4.74 Å². The van der Waals surface area contributed by atoms with Crippen LogP contribution in [0.4, 0.5) is 10.5 Å². The van der Waals surface area contributed by atoms with E-state index in [0.717, 1.165) is 41.3 Å². The Hall–Kier alpha value is -3.72. The number of benzene rings is 1. The van der Waals surface area contributed by atoms with Crippen LogP contribution in [-0.2, 0) is 4.74 Å². The Bertz CT molecular complexity index is 1210. The number of rotatable bonds is 4. The van der Waals surface area contributed by atoms with E-state index in [2.05, 4.69) is 15.4 Å². The van der Waals surface area contributed by atoms with Gasteiger partial charge in [-0.1, -0.05) is 12.1 Å². The third-order valence-electron chi connectivity index (χ3n) is 6.14. The smallest absolute Gasteiger partial charge is 0.407 e. The van der Waals surface area contributed by atoms with Gasteiger partial charge in [0.1, 0.15) is 0 Å². The van der Waals surface area contributed by atoms with Crippen LogP contribution >= 0.6 is 0 Å². The van der Waals surface area contributed by atoms with Crippen molar-refractivity contribution in [2.75, 3.05) is 25.0 Å². The van der Waals surface area contributed by atoms with Gasteiger partial charge in [0.05, 0.1) is 5.52 Å². The summed E-state index contributed by atoms with van der Waals surface area (Å²) in [5.74, 6) is -0.299. The third-order valence-corrected chi connectivity index (χ3v) is 6.14. The Morgan fingerprint density at radius 2 is 2.00 bits per heavy atom. The molecule has 9 heteroatoms. The van der Waals surface area contributed by atoms with Crippen molar-refractivity contribution in [1.82, 2.24) is 19.7 Å². The van der Waals surface area contributed by atoms with E-state index < -0.39 is 6.09 Å². The fourth-order valence-corrected chi connectivity index (χ4v) is 4.38. The number of hydrogen-bond donors (Lipinski definition) is 2. The topological polar surface area (TPSA) is 110 Å². The van der Waals surface area contributed by atoms with E-state index in [1.54, 1.807) is 24.5 Å². The molecule has 0 bridgehead atoms. The Balaban J connectivity index is 1.53. The van der Waals surface area contributed by atoms with E-state index >= 15 is 0 Å². The lowest BCUT2D eigenvalue weighted by atomic mass is 9.97. The zero-order chi connectivity index (χ0) is 22.8. The van der Waals surface area contributed by atoms with E-state index in [1.165, 1.54) is 4.90 Å². The zero-order valence-electron chi connectivity index (χ0n) is 18.1. The Morgan fingerprint density at radius 3 is 2.70 bits per heavy atom. The number of carbonyl (C=O) groups excluding carboxylic acids is 1. The monoisotopic (exact) mass is 447 g/mol. The van der Waals surface area contributed by atoms with Crippen molar-refractivity contribution >= 4 is 34.2 Å². The number of pyridine rings is 1. The average molecular weight is 447 g/mol. The van der Waals surface area contributed by atoms with Gasteiger partial charge in [-0.05, 0) is 61.1 Å². The number of carboxylic acid groups (broad SMARTS) is 1. The van der Waals surface area contributed by atoms with Crippen LogP contribution in [0.1, 0.15) is 48.0 Å². The van der Waals surface area contributed by atoms with Crippen molar-refractivity contribution < 1.29 is 19.4 Å². The van der Waals surface area contributed by atoms with Gasteiger partial charge in [0, 0.05) is 43.2 Å². The van der Waals surface area contributed by atoms with Gasteiger partial charge in [-0.3, -0.25) is 9.78 Å². The molecule has 0 saturated carbocycles. The molecule has 0 radical (unpaired) electrons. The summed E-state index contributed by atoms with van der Waals surface area (Å²) < 4.78 is 7.77. The van der Waals surface area contributed by atoms with Crippen LogP contribution in [0.5, 0.6) is 0 Å². The number of anilines is 1. The van der Waals surface area contributed by atoms with E-state index in [1.807, 2.05) is 29.0 Å². The minimum absolute atomic E-state index is 0.201. The number of nitrogens with one attached hydrogen (secondary N) is 1. The van der Waals surface area contributed by atoms with Gasteiger partial charge in [0.2, 0.25) is 0 Å². The van der Waals surface area contributed by atoms with Gasteiger partial charge in [-0.2, -0.15) is 5.10 Å². The van der Waals surface area contributed by atoms with Crippen molar-refractivity contribution in [2.45, 2.75) is 31.9 Å². The fraction of sp³-hybridized carbons (Fsp3) is 0.333. The summed E-state index contributed by atoms with van der Waals surface area (Å²) in [4.78, 5) is 29.8. The second-order valence-electron chi connectivity index (χ2n) is 8.24. The van der Waals surface area contributed by atoms with Gasteiger partial charge in [0.15, 0.2) is 11.9 Å². The molecule has 1 unspecified atom stereocenters. The highest BCUT2D eigenvalue weighted by atomic mass is 16.5. The molecule has 2 aromatic heterocycles. The van der Waals surface area contributed by atoms with Crippen LogP contribution < -0.4 is 5.32 Å². The lowest BCUT2D eigenvalue weighted by Gasteiger charge is -2.24. The minimum atomic E-state index is -0.912. The molecule has 1 fully saturated rings. The maximum Gasteiger partial charge on any atom is 0.407 e. The van der Waals surface area contributed by atoms with Gasteiger partial charge in [-0.15, -0.1) is 0 Å². The number of carbonyl (C=O) groups is 2. The molecule has 1 saturated heterocycles. The molecular weight excluding hydrogens is 422 g/mol. The largest absolute Gasteiger partial charge is 0.465 e. The van der Waals surface area contributed by atoms with Crippen LogP contribution in [0.2, 0.25) is 0 Å². The van der Waals surface area contributed by atoms with Gasteiger partial charge < -0.3 is 20.1 Å². The molecule has 2 amide bonds. The number of amides is 2. The summed E-state index contributed by atoms with van der Waals surface area (Å²) in [6.45, 7) is 1.48. The van der Waals surface area contributed by atoms with Crippen LogP contribution in [-0.4, -0.2) is 56.5 Å². The first kappa shape index (κ1) is 21.1. The molecule has 9 nitrogen and oxygen atoms in total. The molecular formula is C24H25N5O4. The predicted octanol–water partition coefficient (Wildman–Crippen LogP) is 4.15. The highest BCUT2D eigenvalue weighted by Gasteiger charge is 2.25. The standard InChI is InChI=1S/C24H25N5O4/c30-23(26-18-6-10-25-11-7-18)22-19-15-17(16-8-12-28(13-9-16)24(31)32)4-5-20(19)29(27-22)21-3-1-2-14-33-21/h4-8,10-11,15,21H,1-3,9,12-14H2,(H,31,32)(H,25,26,30). The van der Waals surface area contributed by atoms with Gasteiger partial charge >= 0.3 is 6.09 Å². The molecule has 0 aliphatic carbocycles. The van der Waals surface area contributed by atoms with Crippen molar-refractivity contribution in [1.29, 1.82) is 0 Å². The summed E-state index contributed by atoms with van der Waals surface area (Å²) in [5, 5.41) is 17.5. The quantitative estimate of drug-likeness (QED) is 0.622. The number of hydrogen-bond acceptors (Lipinski definition) is 5. The van der Waals surface area contributed by atoms with E-state index in [-0.39, 0.29) is 12.1 Å². The lowest BCUT2D eigenvalue weighted by molar-refractivity contribution is -0.0367. The molecule has 2 aliphatic rings. The van der Waals surface area contributed by atoms with Gasteiger partial charge in [-0.25, -0.2) is 9.48 Å². The lowest BCUT2D eigenvalue weighted by Crippen LogP contribution is -2.33. The molecule has 4 heterocycles. The summed E-state index contributed by atoms with van der Waals surface area (Å²) in [6.07, 6.45) is 7.61. The number of nitrogens with zero attached hydrogens (tertiary/aromatic N) is 4. The number of ether oxygens (including phenoxy) is 1. The van der Waals surface area contributed by atoms with Crippen LogP contribution in [0.25, 0.3) is 16.5 Å². The number of aromatic nitrogens is 3. The third kappa shape index (κ3) is 4.31. The highest BCUT2D eigenvalue weighted by Crippen LogP contribution is 2.32. The van der Waals surface area contributed by atoms with Crippen LogP contribution in [0.15, 0.2) is 48.8 Å². The van der Waals surface area contributed by atoms with Crippen LogP contribution in [0, 0.1) is 0 Å². The Labute approximate surface area is 190 Å². The predicted molar refractivity (Wildman–Crippen MR) is 123 cm³/mol. The Kier molecular flexibility index (Phi) is 5.78. The zero-order valence-corrected chi connectivity index (χ0v) is 18.1. The van der Waals surface area contributed by atoms with E-state index in [0.29, 0.717) is 37.5 Å². The fourth-order valence-electron chi connectivity index (χ4n) is 4.38. The Morgan fingerprint density at radius 1 is 1.15 bits per heavy atom. The average Bonchev–Trinajstić information content (AvgIpc) is 3.24. The molecule has 3 aromatic rings. The van der Waals surface area contributed by atoms with Crippen molar-refractivity contribution in [3.8, 4) is 0 Å². The number of fused-ring (bicyclic) bond motifs is 1. The van der Waals surface area contributed by atoms with Gasteiger partial charge in [0.25, 0.3) is 5.91 Å². The van der Waals surface area contributed by atoms with Crippen molar-refractivity contribution in [2.24, 2.45) is 0 Å². The minimum Gasteiger partial charge on any atom is -0.465 e. The molecule has 1 atom stereocenters. The first-order valence-corrected chi connectivity index (χ1v) is 11.1. The van der Waals surface area contributed by atoms with Crippen molar-refractivity contribution in [3.63, 3.8) is 0 Å². The maximum absolute atomic E-state index is 13.2. The first-order valence-electron chi connectivity index (χ1n) is 11.1. The van der Waals surface area contributed by atoms with Crippen LogP contribution in [0.3, 0.4) is 0 Å². The molecule has 0 spiro atoms. The first-order chi connectivity index (χ1) is 16.1. The molecule has 33 heavy (non-hydrogen) atoms.